The molecule has 0 spiro atoms. The van der Waals surface area contributed by atoms with Crippen LogP contribution in [-0.2, 0) is 6.54 Å². The second-order valence-electron chi connectivity index (χ2n) is 5.36. The fourth-order valence-corrected chi connectivity index (χ4v) is 3.02. The SMILES string of the molecule is CCNCc1cc(F)ccc1Sc1ccc(C(C)C)cc1. The Morgan fingerprint density at radius 3 is 2.43 bits per heavy atom. The minimum Gasteiger partial charge on any atom is -0.313 e. The Hall–Kier alpha value is -1.32. The van der Waals surface area contributed by atoms with Crippen LogP contribution < -0.4 is 5.32 Å². The summed E-state index contributed by atoms with van der Waals surface area (Å²) in [5.74, 6) is 0.363. The van der Waals surface area contributed by atoms with E-state index in [4.69, 9.17) is 0 Å². The summed E-state index contributed by atoms with van der Waals surface area (Å²) in [6, 6.07) is 13.6. The van der Waals surface area contributed by atoms with Crippen molar-refractivity contribution >= 4 is 11.8 Å². The average Bonchev–Trinajstić information content (AvgIpc) is 2.48. The zero-order valence-corrected chi connectivity index (χ0v) is 13.6. The van der Waals surface area contributed by atoms with Gasteiger partial charge in [0.1, 0.15) is 5.82 Å². The van der Waals surface area contributed by atoms with Crippen molar-refractivity contribution in [2.45, 2.75) is 43.0 Å². The van der Waals surface area contributed by atoms with E-state index in [0.717, 1.165) is 17.0 Å². The number of benzene rings is 2. The van der Waals surface area contributed by atoms with Gasteiger partial charge in [0.25, 0.3) is 0 Å². The average molecular weight is 303 g/mol. The quantitative estimate of drug-likeness (QED) is 0.786. The van der Waals surface area contributed by atoms with E-state index in [1.165, 1.54) is 16.5 Å². The van der Waals surface area contributed by atoms with Gasteiger partial charge >= 0.3 is 0 Å². The molecule has 0 saturated carbocycles. The molecule has 0 fully saturated rings. The number of rotatable bonds is 6. The van der Waals surface area contributed by atoms with Crippen LogP contribution in [0.15, 0.2) is 52.3 Å². The van der Waals surface area contributed by atoms with E-state index in [2.05, 4.69) is 50.4 Å². The Kier molecular flexibility index (Phi) is 5.83. The topological polar surface area (TPSA) is 12.0 Å². The van der Waals surface area contributed by atoms with Gasteiger partial charge in [-0.2, -0.15) is 0 Å². The molecule has 0 aliphatic carbocycles. The zero-order valence-electron chi connectivity index (χ0n) is 12.8. The van der Waals surface area contributed by atoms with Crippen molar-refractivity contribution in [1.82, 2.24) is 5.32 Å². The standard InChI is InChI=1S/C18H22FNS/c1-4-20-12-15-11-16(19)7-10-18(15)21-17-8-5-14(6-9-17)13(2)3/h5-11,13,20H,4,12H2,1-3H3. The van der Waals surface area contributed by atoms with Crippen LogP contribution in [0.1, 0.15) is 37.8 Å². The molecular weight excluding hydrogens is 281 g/mol. The van der Waals surface area contributed by atoms with Crippen LogP contribution in [0.5, 0.6) is 0 Å². The summed E-state index contributed by atoms with van der Waals surface area (Å²) in [7, 11) is 0. The van der Waals surface area contributed by atoms with Crippen LogP contribution >= 0.6 is 11.8 Å². The van der Waals surface area contributed by atoms with Gasteiger partial charge in [0.2, 0.25) is 0 Å². The summed E-state index contributed by atoms with van der Waals surface area (Å²) in [6.45, 7) is 8.01. The highest BCUT2D eigenvalue weighted by Gasteiger charge is 2.07. The first-order valence-electron chi connectivity index (χ1n) is 7.37. The molecule has 1 N–H and O–H groups in total. The molecule has 0 heterocycles. The number of hydrogen-bond acceptors (Lipinski definition) is 2. The molecule has 112 valence electrons. The number of halogens is 1. The minimum atomic E-state index is -0.178. The lowest BCUT2D eigenvalue weighted by Crippen LogP contribution is -2.12. The van der Waals surface area contributed by atoms with E-state index in [-0.39, 0.29) is 5.82 Å². The van der Waals surface area contributed by atoms with Gasteiger partial charge in [-0.05, 0) is 53.9 Å². The van der Waals surface area contributed by atoms with Crippen LogP contribution in [0, 0.1) is 5.82 Å². The third-order valence-electron chi connectivity index (χ3n) is 3.36. The lowest BCUT2D eigenvalue weighted by atomic mass is 10.0. The van der Waals surface area contributed by atoms with E-state index in [0.29, 0.717) is 12.5 Å². The molecule has 21 heavy (non-hydrogen) atoms. The van der Waals surface area contributed by atoms with Crippen LogP contribution in [0.3, 0.4) is 0 Å². The Bertz CT molecular complexity index is 578. The van der Waals surface area contributed by atoms with Crippen LogP contribution in [0.2, 0.25) is 0 Å². The predicted octanol–water partition coefficient (Wildman–Crippen LogP) is 5.21. The molecule has 0 bridgehead atoms. The molecule has 0 aliphatic heterocycles. The minimum absolute atomic E-state index is 0.178. The van der Waals surface area contributed by atoms with E-state index in [1.807, 2.05) is 6.07 Å². The molecule has 0 amide bonds. The van der Waals surface area contributed by atoms with Crippen molar-refractivity contribution in [3.63, 3.8) is 0 Å². The van der Waals surface area contributed by atoms with Gasteiger partial charge in [-0.25, -0.2) is 4.39 Å². The van der Waals surface area contributed by atoms with Crippen LogP contribution in [0.25, 0.3) is 0 Å². The summed E-state index contributed by atoms with van der Waals surface area (Å²) in [4.78, 5) is 2.29. The lowest BCUT2D eigenvalue weighted by Gasteiger charge is -2.11. The molecule has 2 aromatic carbocycles. The summed E-state index contributed by atoms with van der Waals surface area (Å²) in [5, 5.41) is 3.26. The summed E-state index contributed by atoms with van der Waals surface area (Å²) in [6.07, 6.45) is 0. The first kappa shape index (κ1) is 16.1. The molecule has 2 aromatic rings. The maximum Gasteiger partial charge on any atom is 0.123 e. The molecule has 0 aromatic heterocycles. The van der Waals surface area contributed by atoms with Gasteiger partial charge in [0.15, 0.2) is 0 Å². The summed E-state index contributed by atoms with van der Waals surface area (Å²) in [5.41, 5.74) is 2.35. The highest BCUT2D eigenvalue weighted by Crippen LogP contribution is 2.31. The van der Waals surface area contributed by atoms with Crippen molar-refractivity contribution in [2.75, 3.05) is 6.54 Å². The Morgan fingerprint density at radius 2 is 1.81 bits per heavy atom. The van der Waals surface area contributed by atoms with Crippen LogP contribution in [0.4, 0.5) is 4.39 Å². The lowest BCUT2D eigenvalue weighted by molar-refractivity contribution is 0.619. The fourth-order valence-electron chi connectivity index (χ4n) is 2.09. The van der Waals surface area contributed by atoms with Crippen molar-refractivity contribution in [2.24, 2.45) is 0 Å². The van der Waals surface area contributed by atoms with Gasteiger partial charge in [-0.15, -0.1) is 0 Å². The van der Waals surface area contributed by atoms with Crippen molar-refractivity contribution in [1.29, 1.82) is 0 Å². The third-order valence-corrected chi connectivity index (χ3v) is 4.49. The summed E-state index contributed by atoms with van der Waals surface area (Å²) >= 11 is 1.69. The van der Waals surface area contributed by atoms with Gasteiger partial charge in [-0.3, -0.25) is 0 Å². The second-order valence-corrected chi connectivity index (χ2v) is 6.47. The Balaban J connectivity index is 2.18. The number of hydrogen-bond donors (Lipinski definition) is 1. The van der Waals surface area contributed by atoms with Crippen molar-refractivity contribution in [3.05, 3.63) is 59.4 Å². The monoisotopic (exact) mass is 303 g/mol. The normalized spacial score (nSPS) is 11.1. The van der Waals surface area contributed by atoms with E-state index in [1.54, 1.807) is 17.8 Å². The fraction of sp³-hybridized carbons (Fsp3) is 0.333. The maximum atomic E-state index is 13.4. The maximum absolute atomic E-state index is 13.4. The van der Waals surface area contributed by atoms with Crippen molar-refractivity contribution < 1.29 is 4.39 Å². The largest absolute Gasteiger partial charge is 0.313 e. The highest BCUT2D eigenvalue weighted by atomic mass is 32.2. The smallest absolute Gasteiger partial charge is 0.123 e. The highest BCUT2D eigenvalue weighted by molar-refractivity contribution is 7.99. The first-order valence-corrected chi connectivity index (χ1v) is 8.18. The van der Waals surface area contributed by atoms with Gasteiger partial charge < -0.3 is 5.32 Å². The molecule has 0 radical (unpaired) electrons. The molecule has 0 saturated heterocycles. The predicted molar refractivity (Wildman–Crippen MR) is 88.4 cm³/mol. The molecule has 0 unspecified atom stereocenters. The van der Waals surface area contributed by atoms with Crippen LogP contribution in [-0.4, -0.2) is 6.54 Å². The Labute approximate surface area is 131 Å². The molecular formula is C18H22FNS. The molecule has 3 heteroatoms. The molecule has 1 nitrogen and oxygen atoms in total. The third kappa shape index (κ3) is 4.58. The number of nitrogens with one attached hydrogen (secondary N) is 1. The van der Waals surface area contributed by atoms with Gasteiger partial charge in [-0.1, -0.05) is 44.7 Å². The molecule has 0 atom stereocenters. The zero-order chi connectivity index (χ0) is 15.2. The van der Waals surface area contributed by atoms with Crippen molar-refractivity contribution in [3.8, 4) is 0 Å². The van der Waals surface area contributed by atoms with E-state index >= 15 is 0 Å². The Morgan fingerprint density at radius 1 is 1.10 bits per heavy atom. The molecule has 0 aliphatic rings. The van der Waals surface area contributed by atoms with E-state index < -0.39 is 0 Å². The molecule has 2 rings (SSSR count). The second kappa shape index (κ2) is 7.62. The van der Waals surface area contributed by atoms with Gasteiger partial charge in [0, 0.05) is 16.3 Å². The summed E-state index contributed by atoms with van der Waals surface area (Å²) < 4.78 is 13.4. The van der Waals surface area contributed by atoms with Gasteiger partial charge in [0.05, 0.1) is 0 Å². The van der Waals surface area contributed by atoms with E-state index in [9.17, 15) is 4.39 Å². The first-order chi connectivity index (χ1) is 10.1.